The predicted molar refractivity (Wildman–Crippen MR) is 64.6 cm³/mol. The second-order valence-corrected chi connectivity index (χ2v) is 4.68. The van der Waals surface area contributed by atoms with Crippen molar-refractivity contribution < 1.29 is 4.79 Å². The first-order chi connectivity index (χ1) is 7.77. The fourth-order valence-electron chi connectivity index (χ4n) is 2.36. The molecule has 4 nitrogen and oxygen atoms in total. The van der Waals surface area contributed by atoms with Crippen LogP contribution in [0.2, 0.25) is 0 Å². The van der Waals surface area contributed by atoms with Crippen LogP contribution in [-0.2, 0) is 4.79 Å². The van der Waals surface area contributed by atoms with Crippen molar-refractivity contribution in [2.24, 2.45) is 4.99 Å². The molecule has 4 heteroatoms. The maximum absolute atomic E-state index is 12.1. The van der Waals surface area contributed by atoms with Crippen molar-refractivity contribution in [2.45, 2.75) is 45.1 Å². The Morgan fingerprint density at radius 1 is 1.31 bits per heavy atom. The van der Waals surface area contributed by atoms with Crippen molar-refractivity contribution in [3.63, 3.8) is 0 Å². The van der Waals surface area contributed by atoms with Gasteiger partial charge >= 0.3 is 0 Å². The van der Waals surface area contributed by atoms with E-state index < -0.39 is 0 Å². The van der Waals surface area contributed by atoms with Crippen LogP contribution in [0.5, 0.6) is 0 Å². The van der Waals surface area contributed by atoms with Crippen molar-refractivity contribution in [3.05, 3.63) is 0 Å². The van der Waals surface area contributed by atoms with Gasteiger partial charge in [0.1, 0.15) is 6.04 Å². The molecule has 0 bridgehead atoms. The molecule has 1 atom stereocenters. The van der Waals surface area contributed by atoms with Gasteiger partial charge in [-0.05, 0) is 32.6 Å². The van der Waals surface area contributed by atoms with Gasteiger partial charge in [-0.3, -0.25) is 9.79 Å². The average Bonchev–Trinajstić information content (AvgIpc) is 2.82. The standard InChI is InChI=1S/C12H21N3O/c1-10(14-11-6-5-7-13-11)12(16)15-8-3-2-4-9-15/h10H,2-9H2,1H3,(H,13,14). The first-order valence-electron chi connectivity index (χ1n) is 6.36. The Kier molecular flexibility index (Phi) is 3.80. The molecule has 0 aliphatic carbocycles. The van der Waals surface area contributed by atoms with E-state index in [1.165, 1.54) is 6.42 Å². The van der Waals surface area contributed by atoms with Crippen LogP contribution in [0.25, 0.3) is 0 Å². The zero-order valence-electron chi connectivity index (χ0n) is 10.0. The first kappa shape index (κ1) is 11.4. The SMILES string of the molecule is CC(NC1=NCCC1)C(=O)N1CCCCC1. The number of aliphatic imine (C=N–C) groups is 1. The van der Waals surface area contributed by atoms with E-state index in [1.807, 2.05) is 11.8 Å². The highest BCUT2D eigenvalue weighted by molar-refractivity contribution is 5.90. The number of nitrogens with one attached hydrogen (secondary N) is 1. The lowest BCUT2D eigenvalue weighted by molar-refractivity contribution is -0.133. The number of likely N-dealkylation sites (tertiary alicyclic amines) is 1. The fourth-order valence-corrected chi connectivity index (χ4v) is 2.36. The van der Waals surface area contributed by atoms with Gasteiger partial charge in [0.2, 0.25) is 5.91 Å². The van der Waals surface area contributed by atoms with Gasteiger partial charge in [0, 0.05) is 26.1 Å². The van der Waals surface area contributed by atoms with Crippen molar-refractivity contribution in [1.29, 1.82) is 0 Å². The van der Waals surface area contributed by atoms with E-state index in [9.17, 15) is 4.79 Å². The van der Waals surface area contributed by atoms with Gasteiger partial charge < -0.3 is 10.2 Å². The van der Waals surface area contributed by atoms with E-state index in [1.54, 1.807) is 0 Å². The summed E-state index contributed by atoms with van der Waals surface area (Å²) in [6.07, 6.45) is 5.68. The number of carbonyl (C=O) groups is 1. The highest BCUT2D eigenvalue weighted by Crippen LogP contribution is 2.10. The highest BCUT2D eigenvalue weighted by Gasteiger charge is 2.23. The lowest BCUT2D eigenvalue weighted by Crippen LogP contribution is -2.48. The van der Waals surface area contributed by atoms with Crippen molar-refractivity contribution >= 4 is 11.7 Å². The summed E-state index contributed by atoms with van der Waals surface area (Å²) in [5.41, 5.74) is 0. The third-order valence-electron chi connectivity index (χ3n) is 3.30. The van der Waals surface area contributed by atoms with Crippen LogP contribution < -0.4 is 5.32 Å². The Hall–Kier alpha value is -1.06. The van der Waals surface area contributed by atoms with E-state index in [-0.39, 0.29) is 11.9 Å². The molecular weight excluding hydrogens is 202 g/mol. The molecule has 0 aromatic carbocycles. The summed E-state index contributed by atoms with van der Waals surface area (Å²) in [5.74, 6) is 1.24. The van der Waals surface area contributed by atoms with Crippen LogP contribution >= 0.6 is 0 Å². The molecule has 0 spiro atoms. The van der Waals surface area contributed by atoms with Crippen molar-refractivity contribution in [1.82, 2.24) is 10.2 Å². The molecule has 0 aromatic heterocycles. The Morgan fingerprint density at radius 2 is 2.06 bits per heavy atom. The second-order valence-electron chi connectivity index (χ2n) is 4.68. The second kappa shape index (κ2) is 5.32. The summed E-state index contributed by atoms with van der Waals surface area (Å²) in [6.45, 7) is 4.71. The molecule has 2 heterocycles. The highest BCUT2D eigenvalue weighted by atomic mass is 16.2. The first-order valence-corrected chi connectivity index (χ1v) is 6.36. The summed E-state index contributed by atoms with van der Waals surface area (Å²) in [7, 11) is 0. The van der Waals surface area contributed by atoms with E-state index >= 15 is 0 Å². The molecule has 16 heavy (non-hydrogen) atoms. The number of carbonyl (C=O) groups excluding carboxylic acids is 1. The molecule has 2 rings (SSSR count). The monoisotopic (exact) mass is 223 g/mol. The van der Waals surface area contributed by atoms with E-state index in [0.717, 1.165) is 51.2 Å². The molecule has 90 valence electrons. The molecule has 1 amide bonds. The van der Waals surface area contributed by atoms with Crippen LogP contribution in [-0.4, -0.2) is 42.3 Å². The molecule has 2 aliphatic heterocycles. The Balaban J connectivity index is 1.83. The smallest absolute Gasteiger partial charge is 0.244 e. The minimum Gasteiger partial charge on any atom is -0.362 e. The average molecular weight is 223 g/mol. The predicted octanol–water partition coefficient (Wildman–Crippen LogP) is 1.17. The number of piperidine rings is 1. The molecule has 0 radical (unpaired) electrons. The van der Waals surface area contributed by atoms with Gasteiger partial charge in [0.15, 0.2) is 0 Å². The lowest BCUT2D eigenvalue weighted by atomic mass is 10.1. The zero-order chi connectivity index (χ0) is 11.4. The van der Waals surface area contributed by atoms with Gasteiger partial charge in [-0.2, -0.15) is 0 Å². The van der Waals surface area contributed by atoms with Crippen LogP contribution in [0.3, 0.4) is 0 Å². The third kappa shape index (κ3) is 2.74. The van der Waals surface area contributed by atoms with Crippen LogP contribution in [0.4, 0.5) is 0 Å². The molecule has 2 aliphatic rings. The maximum atomic E-state index is 12.1. The van der Waals surface area contributed by atoms with Crippen LogP contribution in [0, 0.1) is 0 Å². The van der Waals surface area contributed by atoms with Crippen molar-refractivity contribution in [3.8, 4) is 0 Å². The summed E-state index contributed by atoms with van der Waals surface area (Å²) in [4.78, 5) is 18.4. The molecule has 0 aromatic rings. The largest absolute Gasteiger partial charge is 0.362 e. The quantitative estimate of drug-likeness (QED) is 0.763. The molecule has 1 saturated heterocycles. The van der Waals surface area contributed by atoms with Crippen LogP contribution in [0.1, 0.15) is 39.0 Å². The van der Waals surface area contributed by atoms with Gasteiger partial charge in [-0.15, -0.1) is 0 Å². The third-order valence-corrected chi connectivity index (χ3v) is 3.30. The molecular formula is C12H21N3O. The summed E-state index contributed by atoms with van der Waals surface area (Å²) >= 11 is 0. The Morgan fingerprint density at radius 3 is 2.69 bits per heavy atom. The Labute approximate surface area is 97.1 Å². The van der Waals surface area contributed by atoms with E-state index in [0.29, 0.717) is 0 Å². The summed E-state index contributed by atoms with van der Waals surface area (Å²) in [5, 5.41) is 3.23. The lowest BCUT2D eigenvalue weighted by Gasteiger charge is -2.29. The number of amidine groups is 1. The van der Waals surface area contributed by atoms with Gasteiger partial charge in [0.25, 0.3) is 0 Å². The van der Waals surface area contributed by atoms with E-state index in [4.69, 9.17) is 0 Å². The van der Waals surface area contributed by atoms with E-state index in [2.05, 4.69) is 10.3 Å². The number of nitrogens with zero attached hydrogens (tertiary/aromatic N) is 2. The number of amides is 1. The topological polar surface area (TPSA) is 44.7 Å². The van der Waals surface area contributed by atoms with Crippen molar-refractivity contribution in [2.75, 3.05) is 19.6 Å². The van der Waals surface area contributed by atoms with Gasteiger partial charge in [0.05, 0.1) is 5.84 Å². The molecule has 0 saturated carbocycles. The number of hydrogen-bond donors (Lipinski definition) is 1. The molecule has 1 N–H and O–H groups in total. The number of rotatable bonds is 2. The summed E-state index contributed by atoms with van der Waals surface area (Å²) < 4.78 is 0. The molecule has 1 fully saturated rings. The normalized spacial score (nSPS) is 22.8. The maximum Gasteiger partial charge on any atom is 0.244 e. The van der Waals surface area contributed by atoms with Gasteiger partial charge in [-0.25, -0.2) is 0 Å². The summed E-state index contributed by atoms with van der Waals surface area (Å²) in [6, 6.07) is -0.116. The van der Waals surface area contributed by atoms with Gasteiger partial charge in [-0.1, -0.05) is 0 Å². The zero-order valence-corrected chi connectivity index (χ0v) is 10.0. The Bertz CT molecular complexity index is 282. The fraction of sp³-hybridized carbons (Fsp3) is 0.833. The number of hydrogen-bond acceptors (Lipinski definition) is 3. The minimum atomic E-state index is -0.116. The minimum absolute atomic E-state index is 0.116. The molecule has 1 unspecified atom stereocenters. The van der Waals surface area contributed by atoms with Crippen LogP contribution in [0.15, 0.2) is 4.99 Å².